The van der Waals surface area contributed by atoms with Gasteiger partial charge in [-0.3, -0.25) is 9.48 Å². The van der Waals surface area contributed by atoms with Crippen LogP contribution in [-0.4, -0.2) is 37.0 Å². The summed E-state index contributed by atoms with van der Waals surface area (Å²) >= 11 is 0. The molecule has 1 unspecified atom stereocenters. The van der Waals surface area contributed by atoms with E-state index in [0.717, 1.165) is 0 Å². The molecular formula is C13H15N5O3. The molecule has 0 saturated heterocycles. The van der Waals surface area contributed by atoms with Crippen LogP contribution in [0.15, 0.2) is 18.5 Å². The van der Waals surface area contributed by atoms with Gasteiger partial charge in [0.25, 0.3) is 5.91 Å². The molecule has 1 amide bonds. The first-order chi connectivity index (χ1) is 9.88. The number of hydrogen-bond acceptors (Lipinski definition) is 5. The van der Waals surface area contributed by atoms with E-state index in [9.17, 15) is 14.7 Å². The number of rotatable bonds is 4. The maximum Gasteiger partial charge on any atom is 0.331 e. The monoisotopic (exact) mass is 289 g/mol. The third-order valence-electron chi connectivity index (χ3n) is 2.93. The van der Waals surface area contributed by atoms with Crippen molar-refractivity contribution in [2.75, 3.05) is 0 Å². The molecule has 0 aromatic carbocycles. The number of nitrogens with one attached hydrogen (secondary N) is 1. The average molecular weight is 289 g/mol. The van der Waals surface area contributed by atoms with Crippen LogP contribution in [0.4, 0.5) is 0 Å². The van der Waals surface area contributed by atoms with E-state index in [0.29, 0.717) is 22.5 Å². The Morgan fingerprint density at radius 3 is 2.62 bits per heavy atom. The van der Waals surface area contributed by atoms with Gasteiger partial charge in [-0.15, -0.1) is 0 Å². The number of carbonyl (C=O) groups is 2. The third kappa shape index (κ3) is 3.22. The number of hydrogen-bond donors (Lipinski definition) is 2. The van der Waals surface area contributed by atoms with Crippen LogP contribution in [0, 0.1) is 13.8 Å². The van der Waals surface area contributed by atoms with Crippen molar-refractivity contribution in [2.24, 2.45) is 7.05 Å². The average Bonchev–Trinajstić information content (AvgIpc) is 2.84. The largest absolute Gasteiger partial charge is 0.479 e. The van der Waals surface area contributed by atoms with Gasteiger partial charge >= 0.3 is 5.97 Å². The van der Waals surface area contributed by atoms with Gasteiger partial charge in [0, 0.05) is 18.8 Å². The molecule has 1 atom stereocenters. The molecular weight excluding hydrogens is 274 g/mol. The van der Waals surface area contributed by atoms with Crippen LogP contribution in [0.3, 0.4) is 0 Å². The van der Waals surface area contributed by atoms with Gasteiger partial charge in [0.1, 0.15) is 0 Å². The maximum atomic E-state index is 12.2. The Balaban J connectivity index is 2.27. The van der Waals surface area contributed by atoms with E-state index in [2.05, 4.69) is 20.6 Å². The molecule has 0 aliphatic rings. The van der Waals surface area contributed by atoms with E-state index in [1.807, 2.05) is 0 Å². The first kappa shape index (κ1) is 14.6. The lowest BCUT2D eigenvalue weighted by molar-refractivity contribution is -0.139. The first-order valence-electron chi connectivity index (χ1n) is 6.21. The molecule has 0 radical (unpaired) electrons. The van der Waals surface area contributed by atoms with Crippen molar-refractivity contribution >= 4 is 11.9 Å². The molecule has 2 N–H and O–H groups in total. The number of aryl methyl sites for hydroxylation is 3. The van der Waals surface area contributed by atoms with Crippen LogP contribution in [0.5, 0.6) is 0 Å². The van der Waals surface area contributed by atoms with Crippen LogP contribution >= 0.6 is 0 Å². The lowest BCUT2D eigenvalue weighted by Gasteiger charge is -2.13. The summed E-state index contributed by atoms with van der Waals surface area (Å²) in [6, 6.07) is 0.402. The molecule has 0 saturated carbocycles. The fourth-order valence-corrected chi connectivity index (χ4v) is 1.87. The lowest BCUT2D eigenvalue weighted by Crippen LogP contribution is -2.34. The predicted molar refractivity (Wildman–Crippen MR) is 72.6 cm³/mol. The van der Waals surface area contributed by atoms with Crippen molar-refractivity contribution < 1.29 is 14.7 Å². The summed E-state index contributed by atoms with van der Waals surface area (Å²) in [6.45, 7) is 3.35. The molecule has 0 aliphatic carbocycles. The van der Waals surface area contributed by atoms with Gasteiger partial charge in [-0.25, -0.2) is 4.79 Å². The van der Waals surface area contributed by atoms with Crippen LogP contribution < -0.4 is 5.32 Å². The fourth-order valence-electron chi connectivity index (χ4n) is 1.87. The molecule has 8 heteroatoms. The van der Waals surface area contributed by atoms with Gasteiger partial charge in [0.2, 0.25) is 0 Å². The van der Waals surface area contributed by atoms with Crippen LogP contribution in [0.25, 0.3) is 0 Å². The van der Waals surface area contributed by atoms with Crippen molar-refractivity contribution in [2.45, 2.75) is 19.9 Å². The molecule has 110 valence electrons. The predicted octanol–water partition coefficient (Wildman–Crippen LogP) is 0.383. The summed E-state index contributed by atoms with van der Waals surface area (Å²) in [4.78, 5) is 23.6. The Labute approximate surface area is 120 Å². The zero-order valence-electron chi connectivity index (χ0n) is 11.9. The molecule has 2 rings (SSSR count). The standard InChI is InChI=1S/C13H15N5O3/c1-7-4-10(8(2)17-16-7)12(19)15-11(13(20)21)9-5-14-18(3)6-9/h4-6,11H,1-3H3,(H,15,19)(H,20,21). The van der Waals surface area contributed by atoms with Gasteiger partial charge in [-0.05, 0) is 19.9 Å². The lowest BCUT2D eigenvalue weighted by atomic mass is 10.1. The van der Waals surface area contributed by atoms with Gasteiger partial charge in [0.15, 0.2) is 6.04 Å². The Morgan fingerprint density at radius 1 is 1.33 bits per heavy atom. The minimum absolute atomic E-state index is 0.303. The van der Waals surface area contributed by atoms with Gasteiger partial charge in [-0.1, -0.05) is 0 Å². The smallest absolute Gasteiger partial charge is 0.331 e. The van der Waals surface area contributed by atoms with E-state index in [1.165, 1.54) is 10.9 Å². The van der Waals surface area contributed by atoms with E-state index in [-0.39, 0.29) is 0 Å². The molecule has 8 nitrogen and oxygen atoms in total. The number of aromatic nitrogens is 4. The zero-order chi connectivity index (χ0) is 15.6. The number of aliphatic carboxylic acids is 1. The quantitative estimate of drug-likeness (QED) is 0.842. The van der Waals surface area contributed by atoms with Crippen LogP contribution in [0.1, 0.15) is 33.4 Å². The van der Waals surface area contributed by atoms with E-state index in [1.54, 1.807) is 33.2 Å². The Bertz CT molecular complexity index is 695. The molecule has 0 bridgehead atoms. The van der Waals surface area contributed by atoms with Crippen molar-refractivity contribution in [1.82, 2.24) is 25.3 Å². The molecule has 21 heavy (non-hydrogen) atoms. The van der Waals surface area contributed by atoms with Crippen LogP contribution in [-0.2, 0) is 11.8 Å². The second-order valence-electron chi connectivity index (χ2n) is 4.68. The van der Waals surface area contributed by atoms with Gasteiger partial charge in [0.05, 0.1) is 23.1 Å². The van der Waals surface area contributed by atoms with E-state index < -0.39 is 17.9 Å². The summed E-state index contributed by atoms with van der Waals surface area (Å²) in [5.41, 5.74) is 1.72. The zero-order valence-corrected chi connectivity index (χ0v) is 11.9. The van der Waals surface area contributed by atoms with Crippen molar-refractivity contribution in [3.8, 4) is 0 Å². The van der Waals surface area contributed by atoms with E-state index >= 15 is 0 Å². The number of carboxylic acids is 1. The van der Waals surface area contributed by atoms with Gasteiger partial charge < -0.3 is 10.4 Å². The normalized spacial score (nSPS) is 12.0. The molecule has 0 aliphatic heterocycles. The Kier molecular flexibility index (Phi) is 3.97. The topological polar surface area (TPSA) is 110 Å². The van der Waals surface area contributed by atoms with Gasteiger partial charge in [-0.2, -0.15) is 15.3 Å². The number of carboxylic acid groups (broad SMARTS) is 1. The molecule has 2 aromatic heterocycles. The summed E-state index contributed by atoms with van der Waals surface area (Å²) in [5, 5.41) is 23.3. The second kappa shape index (κ2) is 5.70. The summed E-state index contributed by atoms with van der Waals surface area (Å²) in [7, 11) is 1.67. The van der Waals surface area contributed by atoms with Crippen molar-refractivity contribution in [3.05, 3.63) is 41.0 Å². The van der Waals surface area contributed by atoms with Crippen molar-refractivity contribution in [1.29, 1.82) is 0 Å². The Hall–Kier alpha value is -2.77. The highest BCUT2D eigenvalue weighted by Gasteiger charge is 2.25. The highest BCUT2D eigenvalue weighted by molar-refractivity contribution is 5.97. The summed E-state index contributed by atoms with van der Waals surface area (Å²) in [5.74, 6) is -1.67. The number of carbonyl (C=O) groups excluding carboxylic acids is 1. The molecule has 0 fully saturated rings. The molecule has 2 aromatic rings. The third-order valence-corrected chi connectivity index (χ3v) is 2.93. The minimum atomic E-state index is -1.17. The SMILES string of the molecule is Cc1cc(C(=O)NC(C(=O)O)c2cnn(C)c2)c(C)nn1. The van der Waals surface area contributed by atoms with Crippen molar-refractivity contribution in [3.63, 3.8) is 0 Å². The summed E-state index contributed by atoms with van der Waals surface area (Å²) in [6.07, 6.45) is 2.95. The maximum absolute atomic E-state index is 12.2. The first-order valence-corrected chi connectivity index (χ1v) is 6.21. The molecule has 0 spiro atoms. The highest BCUT2D eigenvalue weighted by atomic mass is 16.4. The Morgan fingerprint density at radius 2 is 2.05 bits per heavy atom. The second-order valence-corrected chi connectivity index (χ2v) is 4.68. The fraction of sp³-hybridized carbons (Fsp3) is 0.308. The number of amides is 1. The minimum Gasteiger partial charge on any atom is -0.479 e. The highest BCUT2D eigenvalue weighted by Crippen LogP contribution is 2.14. The summed E-state index contributed by atoms with van der Waals surface area (Å²) < 4.78 is 1.47. The van der Waals surface area contributed by atoms with E-state index in [4.69, 9.17) is 0 Å². The number of nitrogens with zero attached hydrogens (tertiary/aromatic N) is 4. The van der Waals surface area contributed by atoms with Crippen LogP contribution in [0.2, 0.25) is 0 Å². The molecule has 2 heterocycles.